The number of carbonyl (C=O) groups excluding carboxylic acids is 2. The summed E-state index contributed by atoms with van der Waals surface area (Å²) in [7, 11) is 4.67. The van der Waals surface area contributed by atoms with Crippen molar-refractivity contribution in [3.05, 3.63) is 29.0 Å². The van der Waals surface area contributed by atoms with Crippen LogP contribution in [0.15, 0.2) is 23.4 Å². The molecule has 0 saturated carbocycles. The normalized spacial score (nSPS) is 20.4. The van der Waals surface area contributed by atoms with Gasteiger partial charge in [-0.2, -0.15) is 0 Å². The Labute approximate surface area is 140 Å². The molecule has 128 valence electrons. The Balaban J connectivity index is 2.15. The van der Waals surface area contributed by atoms with Crippen molar-refractivity contribution in [3.63, 3.8) is 0 Å². The second kappa shape index (κ2) is 6.55. The average Bonchev–Trinajstić information content (AvgIpc) is 2.59. The van der Waals surface area contributed by atoms with Gasteiger partial charge in [-0.25, -0.2) is 0 Å². The van der Waals surface area contributed by atoms with E-state index in [2.05, 4.69) is 5.32 Å². The van der Waals surface area contributed by atoms with E-state index in [-0.39, 0.29) is 24.0 Å². The highest BCUT2D eigenvalue weighted by Gasteiger charge is 2.36. The van der Waals surface area contributed by atoms with Crippen LogP contribution < -0.4 is 19.5 Å². The fraction of sp³-hybridized carbons (Fsp3) is 0.444. The quantitative estimate of drug-likeness (QED) is 0.916. The van der Waals surface area contributed by atoms with Gasteiger partial charge in [0, 0.05) is 41.7 Å². The Hall–Kier alpha value is -2.50. The van der Waals surface area contributed by atoms with E-state index in [1.165, 1.54) is 0 Å². The first-order chi connectivity index (χ1) is 11.6. The minimum absolute atomic E-state index is 0.0784. The topological polar surface area (TPSA) is 73.9 Å². The predicted molar refractivity (Wildman–Crippen MR) is 87.5 cm³/mol. The molecular formula is C18H21NO5. The smallest absolute Gasteiger partial charge is 0.225 e. The second-order valence-electron chi connectivity index (χ2n) is 5.92. The fourth-order valence-electron chi connectivity index (χ4n) is 3.50. The van der Waals surface area contributed by atoms with E-state index in [1.54, 1.807) is 33.5 Å². The van der Waals surface area contributed by atoms with Crippen molar-refractivity contribution in [2.75, 3.05) is 21.3 Å². The molecule has 0 fully saturated rings. The minimum atomic E-state index is -0.323. The van der Waals surface area contributed by atoms with Crippen LogP contribution in [-0.4, -0.2) is 33.0 Å². The van der Waals surface area contributed by atoms with Gasteiger partial charge < -0.3 is 19.5 Å². The number of carbonyl (C=O) groups is 2. The first-order valence-corrected chi connectivity index (χ1v) is 7.95. The summed E-state index contributed by atoms with van der Waals surface area (Å²) in [4.78, 5) is 24.6. The number of Topliss-reactive ketones (excluding diaryl/α,β-unsaturated/α-hetero) is 1. The summed E-state index contributed by atoms with van der Waals surface area (Å²) >= 11 is 0. The number of amides is 1. The molecule has 6 heteroatoms. The van der Waals surface area contributed by atoms with E-state index in [0.717, 1.165) is 24.1 Å². The number of rotatable bonds is 4. The van der Waals surface area contributed by atoms with Crippen molar-refractivity contribution in [2.24, 2.45) is 0 Å². The standard InChI is InChI=1S/C18H21NO5/c1-22-14-9-16(24-3)15(23-2)7-10(14)11-8-17(21)19-12-5-4-6-13(20)18(11)12/h7,9,11H,4-6,8H2,1-3H3,(H,19,21)/t11-/m1/s1. The lowest BCUT2D eigenvalue weighted by Crippen LogP contribution is -2.36. The summed E-state index contributed by atoms with van der Waals surface area (Å²) in [5.41, 5.74) is 2.23. The highest BCUT2D eigenvalue weighted by Crippen LogP contribution is 2.45. The zero-order chi connectivity index (χ0) is 17.3. The Bertz CT molecular complexity index is 722. The molecule has 1 amide bonds. The lowest BCUT2D eigenvalue weighted by Gasteiger charge is -2.32. The average molecular weight is 331 g/mol. The van der Waals surface area contributed by atoms with E-state index in [0.29, 0.717) is 29.2 Å². The third-order valence-electron chi connectivity index (χ3n) is 4.60. The summed E-state index contributed by atoms with van der Waals surface area (Å²) in [5.74, 6) is 1.37. The number of hydrogen-bond acceptors (Lipinski definition) is 5. The number of methoxy groups -OCH3 is 3. The zero-order valence-electron chi connectivity index (χ0n) is 14.1. The van der Waals surface area contributed by atoms with Gasteiger partial charge in [-0.1, -0.05) is 0 Å². The van der Waals surface area contributed by atoms with Crippen LogP contribution in [-0.2, 0) is 9.59 Å². The molecule has 1 heterocycles. The van der Waals surface area contributed by atoms with Crippen molar-refractivity contribution in [2.45, 2.75) is 31.6 Å². The molecule has 1 aromatic carbocycles. The largest absolute Gasteiger partial charge is 0.496 e. The molecule has 0 aromatic heterocycles. The Morgan fingerprint density at radius 2 is 1.62 bits per heavy atom. The molecule has 0 saturated heterocycles. The van der Waals surface area contributed by atoms with Gasteiger partial charge in [0.1, 0.15) is 5.75 Å². The number of hydrogen-bond donors (Lipinski definition) is 1. The van der Waals surface area contributed by atoms with E-state index in [1.807, 2.05) is 0 Å². The molecule has 0 spiro atoms. The van der Waals surface area contributed by atoms with Gasteiger partial charge in [0.2, 0.25) is 5.91 Å². The molecule has 1 N–H and O–H groups in total. The van der Waals surface area contributed by atoms with Crippen LogP contribution >= 0.6 is 0 Å². The van der Waals surface area contributed by atoms with Gasteiger partial charge in [-0.05, 0) is 18.9 Å². The summed E-state index contributed by atoms with van der Waals surface area (Å²) in [6, 6.07) is 3.53. The van der Waals surface area contributed by atoms with Crippen LogP contribution in [0.1, 0.15) is 37.2 Å². The first-order valence-electron chi connectivity index (χ1n) is 7.95. The van der Waals surface area contributed by atoms with Gasteiger partial charge in [0.15, 0.2) is 17.3 Å². The third-order valence-corrected chi connectivity index (χ3v) is 4.60. The zero-order valence-corrected chi connectivity index (χ0v) is 14.1. The summed E-state index contributed by atoms with van der Waals surface area (Å²) in [6.07, 6.45) is 2.23. The molecule has 6 nitrogen and oxygen atoms in total. The van der Waals surface area contributed by atoms with Crippen molar-refractivity contribution < 1.29 is 23.8 Å². The summed E-state index contributed by atoms with van der Waals surface area (Å²) in [5, 5.41) is 2.86. The highest BCUT2D eigenvalue weighted by molar-refractivity contribution is 6.01. The van der Waals surface area contributed by atoms with Crippen LogP contribution in [0.2, 0.25) is 0 Å². The number of ketones is 1. The lowest BCUT2D eigenvalue weighted by molar-refractivity contribution is -0.122. The number of ether oxygens (including phenoxy) is 3. The van der Waals surface area contributed by atoms with Gasteiger partial charge >= 0.3 is 0 Å². The van der Waals surface area contributed by atoms with Gasteiger partial charge in [-0.3, -0.25) is 9.59 Å². The summed E-state index contributed by atoms with van der Waals surface area (Å²) in [6.45, 7) is 0. The number of nitrogens with one attached hydrogen (secondary N) is 1. The molecule has 1 atom stereocenters. The Kier molecular flexibility index (Phi) is 4.46. The molecule has 24 heavy (non-hydrogen) atoms. The number of allylic oxidation sites excluding steroid dienone is 2. The van der Waals surface area contributed by atoms with Crippen LogP contribution in [0.4, 0.5) is 0 Å². The third kappa shape index (κ3) is 2.72. The molecule has 0 unspecified atom stereocenters. The molecule has 0 radical (unpaired) electrons. The Morgan fingerprint density at radius 1 is 0.958 bits per heavy atom. The van der Waals surface area contributed by atoms with Crippen LogP contribution in [0.3, 0.4) is 0 Å². The van der Waals surface area contributed by atoms with Crippen molar-refractivity contribution in [1.82, 2.24) is 5.32 Å². The van der Waals surface area contributed by atoms with Crippen LogP contribution in [0.25, 0.3) is 0 Å². The monoisotopic (exact) mass is 331 g/mol. The van der Waals surface area contributed by atoms with E-state index >= 15 is 0 Å². The molecule has 1 aliphatic carbocycles. The maximum absolute atomic E-state index is 12.5. The van der Waals surface area contributed by atoms with Crippen molar-refractivity contribution >= 4 is 11.7 Å². The fourth-order valence-corrected chi connectivity index (χ4v) is 3.50. The number of benzene rings is 1. The van der Waals surface area contributed by atoms with Crippen molar-refractivity contribution in [3.8, 4) is 17.2 Å². The van der Waals surface area contributed by atoms with E-state index < -0.39 is 0 Å². The van der Waals surface area contributed by atoms with E-state index in [4.69, 9.17) is 14.2 Å². The SMILES string of the molecule is COc1cc(OC)c([C@H]2CC(=O)NC3=C2C(=O)CCC3)cc1OC. The van der Waals surface area contributed by atoms with E-state index in [9.17, 15) is 9.59 Å². The highest BCUT2D eigenvalue weighted by atomic mass is 16.5. The Morgan fingerprint density at radius 3 is 2.29 bits per heavy atom. The molecule has 0 bridgehead atoms. The second-order valence-corrected chi connectivity index (χ2v) is 5.92. The lowest BCUT2D eigenvalue weighted by atomic mass is 9.77. The maximum atomic E-state index is 12.5. The molecular weight excluding hydrogens is 310 g/mol. The van der Waals surface area contributed by atoms with Crippen LogP contribution in [0.5, 0.6) is 17.2 Å². The first kappa shape index (κ1) is 16.4. The van der Waals surface area contributed by atoms with Gasteiger partial charge in [0.05, 0.1) is 21.3 Å². The van der Waals surface area contributed by atoms with Crippen molar-refractivity contribution in [1.29, 1.82) is 0 Å². The summed E-state index contributed by atoms with van der Waals surface area (Å²) < 4.78 is 16.2. The van der Waals surface area contributed by atoms with Gasteiger partial charge in [0.25, 0.3) is 0 Å². The maximum Gasteiger partial charge on any atom is 0.225 e. The van der Waals surface area contributed by atoms with Crippen LogP contribution in [0, 0.1) is 0 Å². The molecule has 2 aliphatic rings. The molecule has 1 aliphatic heterocycles. The molecule has 1 aromatic rings. The predicted octanol–water partition coefficient (Wildman–Crippen LogP) is 2.32. The van der Waals surface area contributed by atoms with Gasteiger partial charge in [-0.15, -0.1) is 0 Å². The minimum Gasteiger partial charge on any atom is -0.496 e. The molecule has 3 rings (SSSR count).